The normalized spacial score (nSPS) is 15.5. The summed E-state index contributed by atoms with van der Waals surface area (Å²) < 4.78 is 37.8. The molecule has 1 N–H and O–H groups in total. The van der Waals surface area contributed by atoms with Gasteiger partial charge in [-0.1, -0.05) is 36.2 Å². The number of hydrogen-bond donors (Lipinski definition) is 1. The zero-order chi connectivity index (χ0) is 24.0. The minimum atomic E-state index is -3.69. The molecule has 2 aromatic rings. The first kappa shape index (κ1) is 25.0. The van der Waals surface area contributed by atoms with Crippen molar-refractivity contribution in [2.24, 2.45) is 0 Å². The fourth-order valence-electron chi connectivity index (χ4n) is 3.39. The first-order chi connectivity index (χ1) is 15.7. The van der Waals surface area contributed by atoms with E-state index >= 15 is 0 Å². The lowest BCUT2D eigenvalue weighted by molar-refractivity contribution is -0.155. The Kier molecular flexibility index (Phi) is 8.34. The minimum Gasteiger partial charge on any atom is -0.482 e. The highest BCUT2D eigenvalue weighted by Gasteiger charge is 2.27. The number of aryl methyl sites for hydroxylation is 1. The molecule has 33 heavy (non-hydrogen) atoms. The van der Waals surface area contributed by atoms with Gasteiger partial charge in [-0.05, 0) is 56.5 Å². The van der Waals surface area contributed by atoms with E-state index in [1.165, 1.54) is 29.4 Å². The van der Waals surface area contributed by atoms with E-state index < -0.39 is 28.0 Å². The monoisotopic (exact) mass is 494 g/mol. The number of nitrogens with zero attached hydrogens (tertiary/aromatic N) is 1. The molecule has 0 saturated carbocycles. The molecule has 1 fully saturated rings. The number of sulfonamides is 1. The second-order valence-electron chi connectivity index (χ2n) is 7.78. The third-order valence-electron chi connectivity index (χ3n) is 5.27. The highest BCUT2D eigenvalue weighted by Crippen LogP contribution is 2.28. The van der Waals surface area contributed by atoms with E-state index in [1.54, 1.807) is 12.1 Å². The lowest BCUT2D eigenvalue weighted by Crippen LogP contribution is -2.35. The molecule has 10 heteroatoms. The van der Waals surface area contributed by atoms with Gasteiger partial charge in [-0.15, -0.1) is 0 Å². The molecule has 178 valence electrons. The summed E-state index contributed by atoms with van der Waals surface area (Å²) in [5, 5.41) is 2.71. The van der Waals surface area contributed by atoms with Gasteiger partial charge >= 0.3 is 5.97 Å². The van der Waals surface area contributed by atoms with Gasteiger partial charge in [-0.3, -0.25) is 4.79 Å². The molecule has 0 spiro atoms. The van der Waals surface area contributed by atoms with Crippen LogP contribution in [0.2, 0.25) is 5.02 Å². The molecule has 0 bridgehead atoms. The van der Waals surface area contributed by atoms with Crippen LogP contribution in [0.25, 0.3) is 0 Å². The van der Waals surface area contributed by atoms with Crippen LogP contribution in [0.1, 0.15) is 31.7 Å². The zero-order valence-corrected chi connectivity index (χ0v) is 20.1. The molecule has 0 aliphatic carbocycles. The first-order valence-corrected chi connectivity index (χ1v) is 12.5. The van der Waals surface area contributed by atoms with Crippen molar-refractivity contribution in [3.63, 3.8) is 0 Å². The molecule has 1 aliphatic rings. The number of carbonyl (C=O) groups excluding carboxylic acids is 2. The van der Waals surface area contributed by atoms with E-state index in [2.05, 4.69) is 5.32 Å². The average molecular weight is 495 g/mol. The van der Waals surface area contributed by atoms with Crippen LogP contribution in [0.3, 0.4) is 0 Å². The SMILES string of the molecule is Cc1ccccc1OCC(=O)OC(C)C(=O)Nc1cc(S(=O)(=O)N2CCCCC2)ccc1Cl. The summed E-state index contributed by atoms with van der Waals surface area (Å²) in [5.74, 6) is -0.813. The van der Waals surface area contributed by atoms with Crippen LogP contribution in [0.5, 0.6) is 5.75 Å². The van der Waals surface area contributed by atoms with Crippen molar-refractivity contribution in [1.29, 1.82) is 0 Å². The van der Waals surface area contributed by atoms with E-state index in [0.29, 0.717) is 18.8 Å². The quantitative estimate of drug-likeness (QED) is 0.560. The number of benzene rings is 2. The molecule has 1 unspecified atom stereocenters. The Morgan fingerprint density at radius 3 is 2.52 bits per heavy atom. The number of nitrogens with one attached hydrogen (secondary N) is 1. The van der Waals surface area contributed by atoms with Gasteiger partial charge in [0.2, 0.25) is 10.0 Å². The summed E-state index contributed by atoms with van der Waals surface area (Å²) in [5.41, 5.74) is 0.990. The molecule has 3 rings (SSSR count). The van der Waals surface area contributed by atoms with Crippen LogP contribution in [0.15, 0.2) is 47.4 Å². The lowest BCUT2D eigenvalue weighted by Gasteiger charge is -2.26. The van der Waals surface area contributed by atoms with Crippen LogP contribution >= 0.6 is 11.6 Å². The van der Waals surface area contributed by atoms with Gasteiger partial charge in [-0.25, -0.2) is 13.2 Å². The summed E-state index contributed by atoms with van der Waals surface area (Å²) in [6.45, 7) is 3.82. The number of anilines is 1. The van der Waals surface area contributed by atoms with Crippen molar-refractivity contribution in [1.82, 2.24) is 4.31 Å². The number of ether oxygens (including phenoxy) is 2. The maximum Gasteiger partial charge on any atom is 0.344 e. The second-order valence-corrected chi connectivity index (χ2v) is 10.1. The van der Waals surface area contributed by atoms with Gasteiger partial charge in [0.25, 0.3) is 5.91 Å². The number of piperidine rings is 1. The lowest BCUT2D eigenvalue weighted by atomic mass is 10.2. The van der Waals surface area contributed by atoms with Gasteiger partial charge in [0.1, 0.15) is 5.75 Å². The summed E-state index contributed by atoms with van der Waals surface area (Å²) in [4.78, 5) is 24.7. The summed E-state index contributed by atoms with van der Waals surface area (Å²) in [7, 11) is -3.69. The Hall–Kier alpha value is -2.62. The number of rotatable bonds is 8. The van der Waals surface area contributed by atoms with Crippen molar-refractivity contribution in [3.8, 4) is 5.75 Å². The van der Waals surface area contributed by atoms with Gasteiger partial charge in [0.15, 0.2) is 12.7 Å². The van der Waals surface area contributed by atoms with Crippen LogP contribution in [0.4, 0.5) is 5.69 Å². The smallest absolute Gasteiger partial charge is 0.344 e. The van der Waals surface area contributed by atoms with Crippen molar-refractivity contribution in [3.05, 3.63) is 53.1 Å². The Morgan fingerprint density at radius 1 is 1.12 bits per heavy atom. The largest absolute Gasteiger partial charge is 0.482 e. The van der Waals surface area contributed by atoms with Gasteiger partial charge in [-0.2, -0.15) is 4.31 Å². The minimum absolute atomic E-state index is 0.0420. The Bertz CT molecular complexity index is 1120. The molecule has 1 saturated heterocycles. The van der Waals surface area contributed by atoms with Crippen molar-refractivity contribution >= 4 is 39.2 Å². The summed E-state index contributed by atoms with van der Waals surface area (Å²) in [6.07, 6.45) is 1.48. The summed E-state index contributed by atoms with van der Waals surface area (Å²) in [6, 6.07) is 11.4. The third-order valence-corrected chi connectivity index (χ3v) is 7.49. The molecule has 1 aliphatic heterocycles. The van der Waals surface area contributed by atoms with Gasteiger partial charge in [0.05, 0.1) is 15.6 Å². The Balaban J connectivity index is 1.61. The van der Waals surface area contributed by atoms with Crippen LogP contribution in [-0.4, -0.2) is 50.4 Å². The van der Waals surface area contributed by atoms with E-state index in [-0.39, 0.29) is 22.2 Å². The highest BCUT2D eigenvalue weighted by atomic mass is 35.5. The topological polar surface area (TPSA) is 102 Å². The standard InChI is InChI=1S/C23H27ClN2O6S/c1-16-8-4-5-9-21(16)31-15-22(27)32-17(2)23(28)25-20-14-18(10-11-19(20)24)33(29,30)26-12-6-3-7-13-26/h4-5,8-11,14,17H,3,6-7,12-13,15H2,1-2H3,(H,25,28). The number of carbonyl (C=O) groups is 2. The maximum absolute atomic E-state index is 12.9. The predicted octanol–water partition coefficient (Wildman–Crippen LogP) is 3.77. The molecular formula is C23H27ClN2O6S. The number of para-hydroxylation sites is 1. The van der Waals surface area contributed by atoms with E-state index in [4.69, 9.17) is 21.1 Å². The summed E-state index contributed by atoms with van der Waals surface area (Å²) >= 11 is 6.17. The molecule has 0 radical (unpaired) electrons. The Labute approximate surface area is 198 Å². The molecule has 1 amide bonds. The average Bonchev–Trinajstić information content (AvgIpc) is 2.80. The van der Waals surface area contributed by atoms with Crippen molar-refractivity contribution in [2.75, 3.05) is 25.0 Å². The first-order valence-electron chi connectivity index (χ1n) is 10.7. The second kappa shape index (κ2) is 11.0. The van der Waals surface area contributed by atoms with E-state index in [0.717, 1.165) is 24.8 Å². The van der Waals surface area contributed by atoms with Crippen LogP contribution in [0, 0.1) is 6.92 Å². The van der Waals surface area contributed by atoms with Crippen LogP contribution < -0.4 is 10.1 Å². The molecule has 8 nitrogen and oxygen atoms in total. The number of halogens is 1. The molecule has 1 heterocycles. The molecular weight excluding hydrogens is 468 g/mol. The zero-order valence-electron chi connectivity index (χ0n) is 18.5. The Morgan fingerprint density at radius 2 is 1.82 bits per heavy atom. The van der Waals surface area contributed by atoms with Crippen LogP contribution in [-0.2, 0) is 24.3 Å². The van der Waals surface area contributed by atoms with Gasteiger partial charge in [0, 0.05) is 13.1 Å². The fraction of sp³-hybridized carbons (Fsp3) is 0.391. The van der Waals surface area contributed by atoms with E-state index in [9.17, 15) is 18.0 Å². The third kappa shape index (κ3) is 6.46. The van der Waals surface area contributed by atoms with Gasteiger partial charge < -0.3 is 14.8 Å². The fourth-order valence-corrected chi connectivity index (χ4v) is 5.10. The number of esters is 1. The number of hydrogen-bond acceptors (Lipinski definition) is 6. The maximum atomic E-state index is 12.9. The molecule has 0 aromatic heterocycles. The molecule has 1 atom stereocenters. The van der Waals surface area contributed by atoms with Crippen molar-refractivity contribution < 1.29 is 27.5 Å². The van der Waals surface area contributed by atoms with Crippen molar-refractivity contribution in [2.45, 2.75) is 44.1 Å². The predicted molar refractivity (Wildman–Crippen MR) is 125 cm³/mol. The number of amides is 1. The van der Waals surface area contributed by atoms with E-state index in [1.807, 2.05) is 19.1 Å². The molecule has 2 aromatic carbocycles. The highest BCUT2D eigenvalue weighted by molar-refractivity contribution is 7.89.